The third-order valence-electron chi connectivity index (χ3n) is 4.87. The Morgan fingerprint density at radius 3 is 2.29 bits per heavy atom. The first-order valence-corrected chi connectivity index (χ1v) is 12.0. The van der Waals surface area contributed by atoms with Crippen molar-refractivity contribution in [1.29, 1.82) is 0 Å². The molecule has 0 atom stereocenters. The molecule has 0 unspecified atom stereocenters. The van der Waals surface area contributed by atoms with Crippen LogP contribution in [0.15, 0.2) is 47.4 Å². The van der Waals surface area contributed by atoms with Crippen molar-refractivity contribution in [2.75, 3.05) is 30.9 Å². The summed E-state index contributed by atoms with van der Waals surface area (Å²) in [5, 5.41) is 2.90. The van der Waals surface area contributed by atoms with E-state index in [9.17, 15) is 17.6 Å². The molecule has 0 aromatic heterocycles. The lowest BCUT2D eigenvalue weighted by Gasteiger charge is -2.25. The number of unbranched alkanes of at least 4 members (excludes halogenated alkanes) is 1. The predicted molar refractivity (Wildman–Crippen MR) is 123 cm³/mol. The highest BCUT2D eigenvalue weighted by Gasteiger charge is 2.25. The molecule has 0 spiro atoms. The SMILES string of the molecule is CCCCC(=O)Nc1ccc(N(C)C)c(CN(CCC)S(=O)(=O)c2ccc(F)cc2)c1. The Labute approximate surface area is 185 Å². The van der Waals surface area contributed by atoms with Gasteiger partial charge in [-0.05, 0) is 60.9 Å². The van der Waals surface area contributed by atoms with Gasteiger partial charge in [0.05, 0.1) is 4.90 Å². The van der Waals surface area contributed by atoms with Gasteiger partial charge in [0.25, 0.3) is 0 Å². The van der Waals surface area contributed by atoms with Crippen LogP contribution < -0.4 is 10.2 Å². The second-order valence-corrected chi connectivity index (χ2v) is 9.62. The van der Waals surface area contributed by atoms with E-state index in [1.165, 1.54) is 16.4 Å². The summed E-state index contributed by atoms with van der Waals surface area (Å²) in [6, 6.07) is 10.4. The first-order chi connectivity index (χ1) is 14.7. The minimum Gasteiger partial charge on any atom is -0.377 e. The Morgan fingerprint density at radius 2 is 1.71 bits per heavy atom. The van der Waals surface area contributed by atoms with Gasteiger partial charge in [0.15, 0.2) is 0 Å². The largest absolute Gasteiger partial charge is 0.377 e. The third kappa shape index (κ3) is 6.77. The van der Waals surface area contributed by atoms with Crippen molar-refractivity contribution in [1.82, 2.24) is 4.31 Å². The molecule has 2 rings (SSSR count). The summed E-state index contributed by atoms with van der Waals surface area (Å²) in [4.78, 5) is 14.1. The second-order valence-electron chi connectivity index (χ2n) is 7.68. The van der Waals surface area contributed by atoms with E-state index in [1.807, 2.05) is 51.0 Å². The lowest BCUT2D eigenvalue weighted by atomic mass is 10.1. The number of nitrogens with zero attached hydrogens (tertiary/aromatic N) is 2. The van der Waals surface area contributed by atoms with Gasteiger partial charge >= 0.3 is 0 Å². The van der Waals surface area contributed by atoms with Crippen LogP contribution in [0.2, 0.25) is 0 Å². The van der Waals surface area contributed by atoms with Gasteiger partial charge in [-0.15, -0.1) is 0 Å². The number of carbonyl (C=O) groups is 1. The Morgan fingerprint density at radius 1 is 1.03 bits per heavy atom. The number of hydrogen-bond acceptors (Lipinski definition) is 4. The summed E-state index contributed by atoms with van der Waals surface area (Å²) in [6.07, 6.45) is 2.83. The number of amides is 1. The summed E-state index contributed by atoms with van der Waals surface area (Å²) < 4.78 is 41.1. The molecule has 0 aliphatic carbocycles. The van der Waals surface area contributed by atoms with E-state index in [2.05, 4.69) is 5.32 Å². The summed E-state index contributed by atoms with van der Waals surface area (Å²) in [5.41, 5.74) is 2.27. The van der Waals surface area contributed by atoms with Crippen LogP contribution in [0.25, 0.3) is 0 Å². The third-order valence-corrected chi connectivity index (χ3v) is 6.73. The molecule has 31 heavy (non-hydrogen) atoms. The normalized spacial score (nSPS) is 11.5. The lowest BCUT2D eigenvalue weighted by Crippen LogP contribution is -2.32. The molecular weight excluding hydrogens is 417 g/mol. The van der Waals surface area contributed by atoms with Gasteiger partial charge < -0.3 is 10.2 Å². The summed E-state index contributed by atoms with van der Waals surface area (Å²) in [5.74, 6) is -0.544. The quantitative estimate of drug-likeness (QED) is 0.543. The average Bonchev–Trinajstić information content (AvgIpc) is 2.72. The second kappa shape index (κ2) is 11.2. The molecule has 170 valence electrons. The van der Waals surface area contributed by atoms with Crippen LogP contribution in [-0.2, 0) is 21.4 Å². The Balaban J connectivity index is 2.37. The molecule has 0 saturated heterocycles. The minimum absolute atomic E-state index is 0.0535. The summed E-state index contributed by atoms with van der Waals surface area (Å²) in [6.45, 7) is 4.39. The highest BCUT2D eigenvalue weighted by molar-refractivity contribution is 7.89. The smallest absolute Gasteiger partial charge is 0.243 e. The van der Waals surface area contributed by atoms with E-state index < -0.39 is 15.8 Å². The van der Waals surface area contributed by atoms with E-state index in [1.54, 1.807) is 0 Å². The molecule has 1 amide bonds. The maximum atomic E-state index is 13.3. The highest BCUT2D eigenvalue weighted by atomic mass is 32.2. The molecule has 0 aliphatic heterocycles. The lowest BCUT2D eigenvalue weighted by molar-refractivity contribution is -0.116. The molecule has 0 heterocycles. The van der Waals surface area contributed by atoms with Crippen molar-refractivity contribution >= 4 is 27.3 Å². The number of nitrogens with one attached hydrogen (secondary N) is 1. The van der Waals surface area contributed by atoms with Crippen LogP contribution in [0, 0.1) is 5.82 Å². The van der Waals surface area contributed by atoms with Crippen molar-refractivity contribution in [2.45, 2.75) is 51.0 Å². The minimum atomic E-state index is -3.81. The van der Waals surface area contributed by atoms with E-state index in [-0.39, 0.29) is 17.3 Å². The average molecular weight is 450 g/mol. The number of hydrogen-bond donors (Lipinski definition) is 1. The number of benzene rings is 2. The zero-order valence-corrected chi connectivity index (χ0v) is 19.5. The standard InChI is InChI=1S/C23H32FN3O3S/c1-5-7-8-23(28)25-20-11-14-22(26(3)4)18(16-20)17-27(15-6-2)31(29,30)21-12-9-19(24)10-13-21/h9-14,16H,5-8,15,17H2,1-4H3,(H,25,28). The van der Waals surface area contributed by atoms with Crippen LogP contribution in [0.3, 0.4) is 0 Å². The first kappa shape index (κ1) is 24.8. The fraction of sp³-hybridized carbons (Fsp3) is 0.435. The summed E-state index contributed by atoms with van der Waals surface area (Å²) >= 11 is 0. The van der Waals surface area contributed by atoms with Crippen molar-refractivity contribution in [3.05, 3.63) is 53.8 Å². The predicted octanol–water partition coefficient (Wildman–Crippen LogP) is 4.62. The number of rotatable bonds is 11. The maximum absolute atomic E-state index is 13.3. The zero-order valence-electron chi connectivity index (χ0n) is 18.7. The van der Waals surface area contributed by atoms with Crippen molar-refractivity contribution in [3.8, 4) is 0 Å². The van der Waals surface area contributed by atoms with Crippen molar-refractivity contribution in [3.63, 3.8) is 0 Å². The Hall–Kier alpha value is -2.45. The molecular formula is C23H32FN3O3S. The van der Waals surface area contributed by atoms with E-state index >= 15 is 0 Å². The zero-order chi connectivity index (χ0) is 23.0. The van der Waals surface area contributed by atoms with Crippen LogP contribution in [0.5, 0.6) is 0 Å². The summed E-state index contributed by atoms with van der Waals surface area (Å²) in [7, 11) is -0.0360. The van der Waals surface area contributed by atoms with Gasteiger partial charge in [-0.1, -0.05) is 20.3 Å². The molecule has 2 aromatic carbocycles. The first-order valence-electron chi connectivity index (χ1n) is 10.5. The molecule has 0 bridgehead atoms. The molecule has 0 saturated carbocycles. The van der Waals surface area contributed by atoms with Gasteiger partial charge in [-0.2, -0.15) is 4.31 Å². The van der Waals surface area contributed by atoms with Gasteiger partial charge in [0.1, 0.15) is 5.82 Å². The van der Waals surface area contributed by atoms with Gasteiger partial charge in [-0.3, -0.25) is 4.79 Å². The molecule has 6 nitrogen and oxygen atoms in total. The van der Waals surface area contributed by atoms with Crippen LogP contribution >= 0.6 is 0 Å². The van der Waals surface area contributed by atoms with Gasteiger partial charge in [-0.25, -0.2) is 12.8 Å². The van der Waals surface area contributed by atoms with Crippen LogP contribution in [-0.4, -0.2) is 39.3 Å². The maximum Gasteiger partial charge on any atom is 0.243 e. The van der Waals surface area contributed by atoms with Crippen LogP contribution in [0.4, 0.5) is 15.8 Å². The molecule has 8 heteroatoms. The van der Waals surface area contributed by atoms with Crippen molar-refractivity contribution < 1.29 is 17.6 Å². The van der Waals surface area contributed by atoms with Crippen molar-refractivity contribution in [2.24, 2.45) is 0 Å². The van der Waals surface area contributed by atoms with E-state index in [0.717, 1.165) is 36.2 Å². The molecule has 2 aromatic rings. The topological polar surface area (TPSA) is 69.7 Å². The van der Waals surface area contributed by atoms with Crippen LogP contribution in [0.1, 0.15) is 45.1 Å². The molecule has 0 radical (unpaired) electrons. The monoisotopic (exact) mass is 449 g/mol. The van der Waals surface area contributed by atoms with Gasteiger partial charge in [0.2, 0.25) is 15.9 Å². The number of sulfonamides is 1. The highest BCUT2D eigenvalue weighted by Crippen LogP contribution is 2.27. The van der Waals surface area contributed by atoms with E-state index in [4.69, 9.17) is 0 Å². The Bertz CT molecular complexity index is 976. The molecule has 0 fully saturated rings. The fourth-order valence-corrected chi connectivity index (χ4v) is 4.78. The molecule has 1 N–H and O–H groups in total. The van der Waals surface area contributed by atoms with Gasteiger partial charge in [0, 0.05) is 45.0 Å². The number of halogens is 1. The molecule has 0 aliphatic rings. The van der Waals surface area contributed by atoms with E-state index in [0.29, 0.717) is 25.1 Å². The fourth-order valence-electron chi connectivity index (χ4n) is 3.27. The number of anilines is 2. The number of carbonyl (C=O) groups excluding carboxylic acids is 1. The Kier molecular flexibility index (Phi) is 9.00.